The van der Waals surface area contributed by atoms with Crippen molar-refractivity contribution in [3.8, 4) is 0 Å². The summed E-state index contributed by atoms with van der Waals surface area (Å²) in [5.41, 5.74) is 3.45. The highest BCUT2D eigenvalue weighted by atomic mass is 16.6. The maximum absolute atomic E-state index is 5.04. The third kappa shape index (κ3) is 1.32. The fraction of sp³-hybridized carbons (Fsp3) is 0.200. The van der Waals surface area contributed by atoms with E-state index in [4.69, 9.17) is 5.90 Å². The number of nitrogens with two attached hydrogens (primary N) is 1. The zero-order valence-electron chi connectivity index (χ0n) is 7.50. The number of H-pyrrole nitrogens is 1. The highest BCUT2D eigenvalue weighted by molar-refractivity contribution is 5.85. The monoisotopic (exact) mass is 176 g/mol. The first-order valence-corrected chi connectivity index (χ1v) is 4.20. The normalized spacial score (nSPS) is 10.9. The molecule has 3 heteroatoms. The van der Waals surface area contributed by atoms with Crippen LogP contribution in [0.5, 0.6) is 0 Å². The van der Waals surface area contributed by atoms with Crippen LogP contribution in [-0.2, 0) is 11.4 Å². The van der Waals surface area contributed by atoms with Gasteiger partial charge in [0.15, 0.2) is 0 Å². The second kappa shape index (κ2) is 3.20. The van der Waals surface area contributed by atoms with Gasteiger partial charge in [0.2, 0.25) is 0 Å². The van der Waals surface area contributed by atoms with Gasteiger partial charge in [-0.1, -0.05) is 18.2 Å². The maximum Gasteiger partial charge on any atom is 0.0950 e. The van der Waals surface area contributed by atoms with Gasteiger partial charge in [-0.2, -0.15) is 0 Å². The molecular weight excluding hydrogens is 164 g/mol. The van der Waals surface area contributed by atoms with E-state index in [0.717, 1.165) is 11.1 Å². The molecule has 0 bridgehead atoms. The van der Waals surface area contributed by atoms with Gasteiger partial charge in [-0.15, -0.1) is 0 Å². The van der Waals surface area contributed by atoms with Gasteiger partial charge < -0.3 is 4.98 Å². The molecule has 0 saturated carbocycles. The summed E-state index contributed by atoms with van der Waals surface area (Å²) in [4.78, 5) is 7.83. The van der Waals surface area contributed by atoms with Crippen molar-refractivity contribution >= 4 is 10.9 Å². The Kier molecular flexibility index (Phi) is 2.04. The molecule has 2 aromatic rings. The first-order valence-electron chi connectivity index (χ1n) is 4.20. The van der Waals surface area contributed by atoms with Gasteiger partial charge in [-0.3, -0.25) is 4.84 Å². The Hall–Kier alpha value is -1.32. The topological polar surface area (TPSA) is 51.0 Å². The first kappa shape index (κ1) is 8.29. The van der Waals surface area contributed by atoms with Crippen molar-refractivity contribution in [2.75, 3.05) is 0 Å². The lowest BCUT2D eigenvalue weighted by Gasteiger charge is -2.00. The van der Waals surface area contributed by atoms with Crippen molar-refractivity contribution < 1.29 is 4.84 Å². The molecule has 0 amide bonds. The van der Waals surface area contributed by atoms with Crippen LogP contribution in [0.3, 0.4) is 0 Å². The minimum absolute atomic E-state index is 0.442. The van der Waals surface area contributed by atoms with E-state index >= 15 is 0 Å². The van der Waals surface area contributed by atoms with E-state index in [1.54, 1.807) is 0 Å². The highest BCUT2D eigenvalue weighted by Gasteiger charge is 2.03. The molecule has 13 heavy (non-hydrogen) atoms. The van der Waals surface area contributed by atoms with Crippen LogP contribution in [0.1, 0.15) is 11.1 Å². The van der Waals surface area contributed by atoms with Crippen LogP contribution in [0.25, 0.3) is 10.9 Å². The summed E-state index contributed by atoms with van der Waals surface area (Å²) in [6, 6.07) is 6.10. The number of para-hydroxylation sites is 1. The molecule has 2 rings (SSSR count). The van der Waals surface area contributed by atoms with Gasteiger partial charge in [0.25, 0.3) is 0 Å². The smallest absolute Gasteiger partial charge is 0.0950 e. The van der Waals surface area contributed by atoms with E-state index in [9.17, 15) is 0 Å². The average Bonchev–Trinajstić information content (AvgIpc) is 2.50. The Morgan fingerprint density at radius 3 is 3.08 bits per heavy atom. The molecule has 1 aromatic heterocycles. The van der Waals surface area contributed by atoms with Crippen molar-refractivity contribution in [2.24, 2.45) is 5.90 Å². The summed E-state index contributed by atoms with van der Waals surface area (Å²) in [7, 11) is 0. The number of benzene rings is 1. The predicted molar refractivity (Wildman–Crippen MR) is 52.0 cm³/mol. The van der Waals surface area contributed by atoms with Gasteiger partial charge in [-0.25, -0.2) is 5.90 Å². The molecule has 0 aliphatic heterocycles. The van der Waals surface area contributed by atoms with E-state index in [1.807, 2.05) is 18.3 Å². The van der Waals surface area contributed by atoms with E-state index in [1.165, 1.54) is 10.9 Å². The second-order valence-corrected chi connectivity index (χ2v) is 3.12. The third-order valence-electron chi connectivity index (χ3n) is 2.25. The maximum atomic E-state index is 5.04. The van der Waals surface area contributed by atoms with Gasteiger partial charge in [-0.05, 0) is 12.5 Å². The molecule has 1 aromatic carbocycles. The third-order valence-corrected chi connectivity index (χ3v) is 2.25. The Morgan fingerprint density at radius 2 is 2.31 bits per heavy atom. The van der Waals surface area contributed by atoms with Crippen LogP contribution in [0.15, 0.2) is 24.4 Å². The SMILES string of the molecule is Cc1c[nH]c2c(CON)cccc12. The average molecular weight is 176 g/mol. The van der Waals surface area contributed by atoms with Crippen LogP contribution < -0.4 is 5.90 Å². The number of aryl methyl sites for hydroxylation is 1. The van der Waals surface area contributed by atoms with Gasteiger partial charge >= 0.3 is 0 Å². The molecule has 1 heterocycles. The molecule has 68 valence electrons. The largest absolute Gasteiger partial charge is 0.361 e. The summed E-state index contributed by atoms with van der Waals surface area (Å²) in [5.74, 6) is 5.04. The van der Waals surface area contributed by atoms with Gasteiger partial charge in [0, 0.05) is 17.1 Å². The number of rotatable bonds is 2. The lowest BCUT2D eigenvalue weighted by molar-refractivity contribution is 0.125. The summed E-state index contributed by atoms with van der Waals surface area (Å²) in [6.45, 7) is 2.52. The number of nitrogens with one attached hydrogen (secondary N) is 1. The van der Waals surface area contributed by atoms with Crippen molar-refractivity contribution in [1.82, 2.24) is 4.98 Å². The quantitative estimate of drug-likeness (QED) is 0.686. The van der Waals surface area contributed by atoms with Crippen molar-refractivity contribution in [1.29, 1.82) is 0 Å². The highest BCUT2D eigenvalue weighted by Crippen LogP contribution is 2.20. The van der Waals surface area contributed by atoms with E-state index in [0.29, 0.717) is 6.61 Å². The molecule has 3 N–H and O–H groups in total. The minimum Gasteiger partial charge on any atom is -0.361 e. The molecule has 0 fully saturated rings. The zero-order valence-corrected chi connectivity index (χ0v) is 7.50. The molecule has 0 unspecified atom stereocenters. The molecule has 0 aliphatic carbocycles. The molecule has 0 radical (unpaired) electrons. The van der Waals surface area contributed by atoms with Crippen molar-refractivity contribution in [2.45, 2.75) is 13.5 Å². The standard InChI is InChI=1S/C10H12N2O/c1-7-5-12-10-8(6-13-11)3-2-4-9(7)10/h2-5,12H,6,11H2,1H3. The Labute approximate surface area is 76.5 Å². The Morgan fingerprint density at radius 1 is 1.46 bits per heavy atom. The lowest BCUT2D eigenvalue weighted by Crippen LogP contribution is -1.99. The van der Waals surface area contributed by atoms with Crippen LogP contribution in [0, 0.1) is 6.92 Å². The van der Waals surface area contributed by atoms with Crippen LogP contribution in [0.2, 0.25) is 0 Å². The fourth-order valence-corrected chi connectivity index (χ4v) is 1.57. The molecule has 0 aliphatic rings. The van der Waals surface area contributed by atoms with Crippen LogP contribution in [0.4, 0.5) is 0 Å². The number of hydrogen-bond acceptors (Lipinski definition) is 2. The Balaban J connectivity index is 2.63. The van der Waals surface area contributed by atoms with Gasteiger partial charge in [0.1, 0.15) is 0 Å². The van der Waals surface area contributed by atoms with Crippen molar-refractivity contribution in [3.63, 3.8) is 0 Å². The molecular formula is C10H12N2O. The predicted octanol–water partition coefficient (Wildman–Crippen LogP) is 1.87. The molecule has 0 spiro atoms. The van der Waals surface area contributed by atoms with E-state index < -0.39 is 0 Å². The van der Waals surface area contributed by atoms with Crippen LogP contribution in [-0.4, -0.2) is 4.98 Å². The number of aromatic amines is 1. The van der Waals surface area contributed by atoms with Gasteiger partial charge in [0.05, 0.1) is 12.1 Å². The summed E-state index contributed by atoms with van der Waals surface area (Å²) in [5, 5.41) is 1.23. The zero-order chi connectivity index (χ0) is 9.26. The summed E-state index contributed by atoms with van der Waals surface area (Å²) >= 11 is 0. The second-order valence-electron chi connectivity index (χ2n) is 3.12. The minimum atomic E-state index is 0.442. The van der Waals surface area contributed by atoms with Crippen LogP contribution >= 0.6 is 0 Å². The molecule has 3 nitrogen and oxygen atoms in total. The summed E-state index contributed by atoms with van der Waals surface area (Å²) < 4.78 is 0. The number of fused-ring (bicyclic) bond motifs is 1. The number of aromatic nitrogens is 1. The fourth-order valence-electron chi connectivity index (χ4n) is 1.57. The first-order chi connectivity index (χ1) is 6.33. The molecule has 0 saturated heterocycles. The van der Waals surface area contributed by atoms with Crippen molar-refractivity contribution in [3.05, 3.63) is 35.5 Å². The van der Waals surface area contributed by atoms with E-state index in [2.05, 4.69) is 22.8 Å². The molecule has 0 atom stereocenters. The Bertz CT molecular complexity index is 420. The lowest BCUT2D eigenvalue weighted by atomic mass is 10.1. The number of hydrogen-bond donors (Lipinski definition) is 2. The van der Waals surface area contributed by atoms with E-state index in [-0.39, 0.29) is 0 Å². The summed E-state index contributed by atoms with van der Waals surface area (Å²) in [6.07, 6.45) is 1.99.